The number of nitrogens with one attached hydrogen (secondary N) is 1. The van der Waals surface area contributed by atoms with Gasteiger partial charge in [0.1, 0.15) is 5.75 Å². The summed E-state index contributed by atoms with van der Waals surface area (Å²) in [6.07, 6.45) is 1.30. The highest BCUT2D eigenvalue weighted by atomic mass is 16.5. The maximum absolute atomic E-state index is 12.5. The highest BCUT2D eigenvalue weighted by Gasteiger charge is 2.22. The van der Waals surface area contributed by atoms with Crippen LogP contribution in [0.4, 0.5) is 11.4 Å². The van der Waals surface area contributed by atoms with E-state index in [1.54, 1.807) is 53.4 Å². The highest BCUT2D eigenvalue weighted by Crippen LogP contribution is 2.29. The summed E-state index contributed by atoms with van der Waals surface area (Å²) in [5, 5.41) is 2.72. The van der Waals surface area contributed by atoms with E-state index in [9.17, 15) is 14.4 Å². The molecule has 2 amide bonds. The van der Waals surface area contributed by atoms with Crippen LogP contribution in [0.1, 0.15) is 28.8 Å². The number of hydrogen-bond acceptors (Lipinski definition) is 5. The van der Waals surface area contributed by atoms with Crippen LogP contribution in [0, 0.1) is 6.92 Å². The third-order valence-electron chi connectivity index (χ3n) is 5.21. The minimum Gasteiger partial charge on any atom is -0.455 e. The number of anilines is 2. The summed E-state index contributed by atoms with van der Waals surface area (Å²) in [5.74, 6) is 0.0255. The van der Waals surface area contributed by atoms with Gasteiger partial charge < -0.3 is 19.7 Å². The molecular formula is C26H24N2O5. The fourth-order valence-electron chi connectivity index (χ4n) is 3.51. The van der Waals surface area contributed by atoms with E-state index in [-0.39, 0.29) is 11.5 Å². The zero-order valence-electron chi connectivity index (χ0n) is 18.2. The Labute approximate surface area is 191 Å². The van der Waals surface area contributed by atoms with Crippen molar-refractivity contribution in [2.75, 3.05) is 23.4 Å². The molecule has 3 aromatic rings. The number of carbonyl (C=O) groups is 3. The lowest BCUT2D eigenvalue weighted by Gasteiger charge is -2.16. The molecular weight excluding hydrogens is 420 g/mol. The Morgan fingerprint density at radius 3 is 2.55 bits per heavy atom. The lowest BCUT2D eigenvalue weighted by atomic mass is 10.2. The number of aryl methyl sites for hydroxylation is 1. The normalized spacial score (nSPS) is 13.0. The van der Waals surface area contributed by atoms with Crippen molar-refractivity contribution in [1.29, 1.82) is 0 Å². The van der Waals surface area contributed by atoms with Crippen LogP contribution in [-0.4, -0.2) is 30.9 Å². The molecule has 1 aliphatic rings. The zero-order valence-corrected chi connectivity index (χ0v) is 18.2. The fraction of sp³-hybridized carbons (Fsp3) is 0.192. The molecule has 1 aliphatic heterocycles. The van der Waals surface area contributed by atoms with Gasteiger partial charge >= 0.3 is 5.97 Å². The van der Waals surface area contributed by atoms with E-state index in [1.165, 1.54) is 0 Å². The largest absolute Gasteiger partial charge is 0.455 e. The summed E-state index contributed by atoms with van der Waals surface area (Å²) in [4.78, 5) is 38.5. The summed E-state index contributed by atoms with van der Waals surface area (Å²) in [7, 11) is 0. The van der Waals surface area contributed by atoms with Crippen LogP contribution in [0.5, 0.6) is 11.5 Å². The van der Waals surface area contributed by atoms with Gasteiger partial charge in [-0.3, -0.25) is 9.59 Å². The number of ether oxygens (including phenoxy) is 2. The average Bonchev–Trinajstić information content (AvgIpc) is 3.26. The third-order valence-corrected chi connectivity index (χ3v) is 5.21. The number of nitrogens with zero attached hydrogens (tertiary/aromatic N) is 1. The predicted molar refractivity (Wildman–Crippen MR) is 125 cm³/mol. The Hall–Kier alpha value is -4.13. The summed E-state index contributed by atoms with van der Waals surface area (Å²) in [5.41, 5.74) is 2.51. The molecule has 1 heterocycles. The Kier molecular flexibility index (Phi) is 6.69. The summed E-state index contributed by atoms with van der Waals surface area (Å²) in [6, 6.07) is 21.3. The molecule has 0 aromatic heterocycles. The second-order valence-corrected chi connectivity index (χ2v) is 7.73. The van der Waals surface area contributed by atoms with Gasteiger partial charge in [0.2, 0.25) is 5.91 Å². The van der Waals surface area contributed by atoms with Crippen molar-refractivity contribution in [2.24, 2.45) is 0 Å². The molecule has 0 radical (unpaired) electrons. The molecule has 3 aromatic carbocycles. The van der Waals surface area contributed by atoms with Gasteiger partial charge in [0.15, 0.2) is 12.4 Å². The Balaban J connectivity index is 1.36. The number of esters is 1. The number of amides is 2. The van der Waals surface area contributed by atoms with Crippen LogP contribution >= 0.6 is 0 Å². The molecule has 0 atom stereocenters. The van der Waals surface area contributed by atoms with Gasteiger partial charge in [-0.25, -0.2) is 4.79 Å². The van der Waals surface area contributed by atoms with Crippen LogP contribution in [-0.2, 0) is 14.3 Å². The minimum absolute atomic E-state index is 0.0337. The second kappa shape index (κ2) is 9.99. The standard InChI is InChI=1S/C26H24N2O5/c1-18-11-13-21(14-12-18)33-23-9-3-2-8-22(23)27-24(29)17-32-26(31)19-6-4-7-20(16-19)28-15-5-10-25(28)30/h2-4,6-9,11-14,16H,5,10,15,17H2,1H3,(H,27,29). The van der Waals surface area contributed by atoms with Gasteiger partial charge in [0.25, 0.3) is 5.91 Å². The lowest BCUT2D eigenvalue weighted by molar-refractivity contribution is -0.119. The van der Waals surface area contributed by atoms with Crippen LogP contribution in [0.25, 0.3) is 0 Å². The smallest absolute Gasteiger partial charge is 0.338 e. The maximum atomic E-state index is 12.5. The van der Waals surface area contributed by atoms with E-state index in [0.29, 0.717) is 35.8 Å². The summed E-state index contributed by atoms with van der Waals surface area (Å²) >= 11 is 0. The van der Waals surface area contributed by atoms with E-state index >= 15 is 0 Å². The summed E-state index contributed by atoms with van der Waals surface area (Å²) in [6.45, 7) is 2.16. The first kappa shape index (κ1) is 22.1. The molecule has 0 saturated carbocycles. The molecule has 168 valence electrons. The predicted octanol–water partition coefficient (Wildman–Crippen LogP) is 4.71. The molecule has 4 rings (SSSR count). The number of carbonyl (C=O) groups excluding carboxylic acids is 3. The first-order chi connectivity index (χ1) is 16.0. The van der Waals surface area contributed by atoms with Crippen molar-refractivity contribution in [1.82, 2.24) is 0 Å². The van der Waals surface area contributed by atoms with Crippen LogP contribution in [0.15, 0.2) is 72.8 Å². The highest BCUT2D eigenvalue weighted by molar-refractivity contribution is 5.99. The van der Waals surface area contributed by atoms with E-state index in [1.807, 2.05) is 31.2 Å². The second-order valence-electron chi connectivity index (χ2n) is 7.73. The lowest BCUT2D eigenvalue weighted by Crippen LogP contribution is -2.24. The van der Waals surface area contributed by atoms with E-state index in [0.717, 1.165) is 12.0 Å². The minimum atomic E-state index is -0.636. The first-order valence-corrected chi connectivity index (χ1v) is 10.7. The first-order valence-electron chi connectivity index (χ1n) is 10.7. The van der Waals surface area contributed by atoms with Gasteiger partial charge in [-0.05, 0) is 55.8 Å². The molecule has 7 nitrogen and oxygen atoms in total. The number of hydrogen-bond donors (Lipinski definition) is 1. The van der Waals surface area contributed by atoms with E-state index < -0.39 is 18.5 Å². The van der Waals surface area contributed by atoms with Crippen molar-refractivity contribution >= 4 is 29.2 Å². The quantitative estimate of drug-likeness (QED) is 0.534. The van der Waals surface area contributed by atoms with Crippen LogP contribution in [0.2, 0.25) is 0 Å². The van der Waals surface area contributed by atoms with Crippen molar-refractivity contribution in [3.8, 4) is 11.5 Å². The number of para-hydroxylation sites is 2. The van der Waals surface area contributed by atoms with Gasteiger partial charge in [-0.1, -0.05) is 35.9 Å². The topological polar surface area (TPSA) is 84.9 Å². The van der Waals surface area contributed by atoms with Crippen LogP contribution < -0.4 is 15.0 Å². The van der Waals surface area contributed by atoms with Crippen molar-refractivity contribution in [2.45, 2.75) is 19.8 Å². The molecule has 0 bridgehead atoms. The van der Waals surface area contributed by atoms with Crippen LogP contribution in [0.3, 0.4) is 0 Å². The van der Waals surface area contributed by atoms with Gasteiger partial charge in [-0.2, -0.15) is 0 Å². The summed E-state index contributed by atoms with van der Waals surface area (Å²) < 4.78 is 11.1. The van der Waals surface area contributed by atoms with Crippen molar-refractivity contribution < 1.29 is 23.9 Å². The Morgan fingerprint density at radius 2 is 1.79 bits per heavy atom. The Bertz CT molecular complexity index is 1170. The van der Waals surface area contributed by atoms with E-state index in [2.05, 4.69) is 5.32 Å². The van der Waals surface area contributed by atoms with E-state index in [4.69, 9.17) is 9.47 Å². The SMILES string of the molecule is Cc1ccc(Oc2ccccc2NC(=O)COC(=O)c2cccc(N3CCCC3=O)c2)cc1. The monoisotopic (exact) mass is 444 g/mol. The van der Waals surface area contributed by atoms with Crippen molar-refractivity contribution in [3.63, 3.8) is 0 Å². The zero-order chi connectivity index (χ0) is 23.2. The molecule has 1 fully saturated rings. The molecule has 1 N–H and O–H groups in total. The Morgan fingerprint density at radius 1 is 1.00 bits per heavy atom. The molecule has 0 spiro atoms. The third kappa shape index (κ3) is 5.57. The molecule has 0 unspecified atom stereocenters. The van der Waals surface area contributed by atoms with Gasteiger partial charge in [-0.15, -0.1) is 0 Å². The number of benzene rings is 3. The molecule has 7 heteroatoms. The molecule has 0 aliphatic carbocycles. The molecule has 33 heavy (non-hydrogen) atoms. The van der Waals surface area contributed by atoms with Crippen molar-refractivity contribution in [3.05, 3.63) is 83.9 Å². The van der Waals surface area contributed by atoms with Gasteiger partial charge in [0.05, 0.1) is 11.3 Å². The van der Waals surface area contributed by atoms with Gasteiger partial charge in [0, 0.05) is 18.7 Å². The number of rotatable bonds is 7. The average molecular weight is 444 g/mol. The molecule has 1 saturated heterocycles. The maximum Gasteiger partial charge on any atom is 0.338 e. The fourth-order valence-corrected chi connectivity index (χ4v) is 3.51.